The van der Waals surface area contributed by atoms with E-state index >= 15 is 0 Å². The first kappa shape index (κ1) is 17.3. The number of hydrogen-bond donors (Lipinski definition) is 0. The largest absolute Gasteiger partial charge is 0.463 e. The van der Waals surface area contributed by atoms with Gasteiger partial charge in [-0.2, -0.15) is 22.0 Å². The van der Waals surface area contributed by atoms with E-state index in [-0.39, 0.29) is 18.3 Å². The Morgan fingerprint density at radius 2 is 1.70 bits per heavy atom. The first-order chi connectivity index (χ1) is 9.13. The van der Waals surface area contributed by atoms with E-state index in [9.17, 15) is 31.5 Å². The summed E-state index contributed by atoms with van der Waals surface area (Å²) in [6.45, 7) is -0.270. The van der Waals surface area contributed by atoms with Crippen molar-refractivity contribution in [1.29, 1.82) is 0 Å². The van der Waals surface area contributed by atoms with Crippen molar-refractivity contribution in [2.45, 2.75) is 43.8 Å². The molecule has 116 valence electrons. The van der Waals surface area contributed by atoms with Crippen LogP contribution in [-0.2, 0) is 9.59 Å². The molecule has 0 aromatic heterocycles. The molecule has 0 aliphatic carbocycles. The Morgan fingerprint density at radius 1 is 1.10 bits per heavy atom. The third-order valence-electron chi connectivity index (χ3n) is 3.14. The maximum atomic E-state index is 13.1. The van der Waals surface area contributed by atoms with E-state index in [4.69, 9.17) is 0 Å². The average Bonchev–Trinajstić information content (AvgIpc) is 2.60. The minimum atomic E-state index is -5.96. The van der Waals surface area contributed by atoms with Gasteiger partial charge in [-0.15, -0.1) is 0 Å². The Balaban J connectivity index is 3.05. The number of halogens is 6. The molecule has 0 aromatic rings. The van der Waals surface area contributed by atoms with Crippen LogP contribution in [0, 0.1) is 0 Å². The first-order valence-electron chi connectivity index (χ1n) is 5.97. The fraction of sp³-hybridized carbons (Fsp3) is 0.818. The van der Waals surface area contributed by atoms with Crippen molar-refractivity contribution >= 4 is 27.6 Å². The number of hydrogen-bond acceptors (Lipinski definition) is 2. The van der Waals surface area contributed by atoms with Gasteiger partial charge in [0, 0.05) is 6.54 Å². The van der Waals surface area contributed by atoms with Gasteiger partial charge in [-0.05, 0) is 12.8 Å². The number of ketones is 1. The van der Waals surface area contributed by atoms with Crippen LogP contribution < -0.4 is 0 Å². The Labute approximate surface area is 120 Å². The van der Waals surface area contributed by atoms with Crippen molar-refractivity contribution in [3.05, 3.63) is 0 Å². The lowest BCUT2D eigenvalue weighted by Crippen LogP contribution is -2.56. The number of rotatable bonds is 3. The molecule has 0 radical (unpaired) electrons. The van der Waals surface area contributed by atoms with Crippen LogP contribution in [0.3, 0.4) is 0 Å². The van der Waals surface area contributed by atoms with Gasteiger partial charge in [0.1, 0.15) is 0 Å². The van der Waals surface area contributed by atoms with Gasteiger partial charge < -0.3 is 4.90 Å². The second kappa shape index (κ2) is 6.36. The molecule has 20 heavy (non-hydrogen) atoms. The number of likely N-dealkylation sites (tertiary alicyclic amines) is 1. The molecule has 0 bridgehead atoms. The van der Waals surface area contributed by atoms with E-state index in [0.29, 0.717) is 24.2 Å². The van der Waals surface area contributed by atoms with Gasteiger partial charge >= 0.3 is 18.0 Å². The molecule has 1 aliphatic heterocycles. The second-order valence-corrected chi connectivity index (χ2v) is 5.10. The SMILES string of the molecule is O=C(CBr)C1CCCCCN1C(=O)C(F)(F)C(F)(F)F. The number of amides is 1. The van der Waals surface area contributed by atoms with Crippen LogP contribution in [-0.4, -0.2) is 46.6 Å². The van der Waals surface area contributed by atoms with Crippen LogP contribution in [0.4, 0.5) is 22.0 Å². The van der Waals surface area contributed by atoms with Crippen molar-refractivity contribution in [3.63, 3.8) is 0 Å². The molecule has 9 heteroatoms. The molecule has 1 amide bonds. The summed E-state index contributed by atoms with van der Waals surface area (Å²) in [5.41, 5.74) is 0. The molecule has 1 aliphatic rings. The van der Waals surface area contributed by atoms with Gasteiger partial charge in [0.25, 0.3) is 0 Å². The number of carbonyl (C=O) groups is 2. The summed E-state index contributed by atoms with van der Waals surface area (Å²) in [6, 6.07) is -1.22. The van der Waals surface area contributed by atoms with Crippen LogP contribution in [0.2, 0.25) is 0 Å². The minimum Gasteiger partial charge on any atom is -0.327 e. The summed E-state index contributed by atoms with van der Waals surface area (Å²) in [7, 11) is 0. The third kappa shape index (κ3) is 3.48. The fourth-order valence-electron chi connectivity index (χ4n) is 2.08. The topological polar surface area (TPSA) is 37.4 Å². The molecule has 0 N–H and O–H groups in total. The number of nitrogens with zero attached hydrogens (tertiary/aromatic N) is 1. The maximum Gasteiger partial charge on any atom is 0.463 e. The summed E-state index contributed by atoms with van der Waals surface area (Å²) in [4.78, 5) is 23.6. The third-order valence-corrected chi connectivity index (χ3v) is 3.69. The normalized spacial score (nSPS) is 21.5. The number of carbonyl (C=O) groups excluding carboxylic acids is 2. The van der Waals surface area contributed by atoms with Crippen LogP contribution >= 0.6 is 15.9 Å². The summed E-state index contributed by atoms with van der Waals surface area (Å²) in [5, 5.41) is -0.195. The molecule has 0 saturated carbocycles. The summed E-state index contributed by atoms with van der Waals surface area (Å²) >= 11 is 2.85. The quantitative estimate of drug-likeness (QED) is 0.569. The lowest BCUT2D eigenvalue weighted by molar-refractivity contribution is -0.275. The van der Waals surface area contributed by atoms with Gasteiger partial charge in [0.05, 0.1) is 11.4 Å². The van der Waals surface area contributed by atoms with Crippen LogP contribution in [0.25, 0.3) is 0 Å². The lowest BCUT2D eigenvalue weighted by Gasteiger charge is -2.32. The average molecular weight is 366 g/mol. The zero-order valence-electron chi connectivity index (χ0n) is 10.4. The van der Waals surface area contributed by atoms with E-state index < -0.39 is 29.8 Å². The summed E-state index contributed by atoms with van der Waals surface area (Å²) in [5.74, 6) is -8.38. The fourth-order valence-corrected chi connectivity index (χ4v) is 2.45. The zero-order valence-corrected chi connectivity index (χ0v) is 11.9. The van der Waals surface area contributed by atoms with E-state index in [2.05, 4.69) is 15.9 Å². The Morgan fingerprint density at radius 3 is 2.20 bits per heavy atom. The molecular formula is C11H13BrF5NO2. The van der Waals surface area contributed by atoms with Crippen molar-refractivity contribution in [2.24, 2.45) is 0 Å². The monoisotopic (exact) mass is 365 g/mol. The van der Waals surface area contributed by atoms with E-state index in [1.54, 1.807) is 0 Å². The van der Waals surface area contributed by atoms with Crippen LogP contribution in [0.1, 0.15) is 25.7 Å². The van der Waals surface area contributed by atoms with Gasteiger partial charge in [0.15, 0.2) is 5.78 Å². The Kier molecular flexibility index (Phi) is 5.51. The molecule has 0 aromatic carbocycles. The minimum absolute atomic E-state index is 0.101. The van der Waals surface area contributed by atoms with E-state index in [1.165, 1.54) is 0 Å². The van der Waals surface area contributed by atoms with Crippen molar-refractivity contribution in [3.8, 4) is 0 Å². The number of Topliss-reactive ketones (excluding diaryl/α,β-unsaturated/α-hetero) is 1. The van der Waals surface area contributed by atoms with Crippen LogP contribution in [0.5, 0.6) is 0 Å². The standard InChI is InChI=1S/C11H13BrF5NO2/c12-6-8(19)7-4-2-1-3-5-18(7)9(20)10(13,14)11(15,16)17/h7H,1-6H2. The van der Waals surface area contributed by atoms with Gasteiger partial charge in [0.2, 0.25) is 0 Å². The molecular weight excluding hydrogens is 353 g/mol. The number of alkyl halides is 6. The molecule has 1 heterocycles. The molecule has 1 fully saturated rings. The highest BCUT2D eigenvalue weighted by Crippen LogP contribution is 2.38. The van der Waals surface area contributed by atoms with Gasteiger partial charge in [-0.1, -0.05) is 28.8 Å². The second-order valence-electron chi connectivity index (χ2n) is 4.54. The lowest BCUT2D eigenvalue weighted by atomic mass is 10.1. The summed E-state index contributed by atoms with van der Waals surface area (Å²) in [6.07, 6.45) is -4.48. The van der Waals surface area contributed by atoms with E-state index in [1.807, 2.05) is 0 Å². The Bertz CT molecular complexity index is 385. The zero-order chi connectivity index (χ0) is 15.6. The highest BCUT2D eigenvalue weighted by molar-refractivity contribution is 9.09. The Hall–Kier alpha value is -0.730. The maximum absolute atomic E-state index is 13.1. The smallest absolute Gasteiger partial charge is 0.327 e. The van der Waals surface area contributed by atoms with E-state index in [0.717, 1.165) is 0 Å². The molecule has 1 atom stereocenters. The molecule has 0 spiro atoms. The highest BCUT2D eigenvalue weighted by atomic mass is 79.9. The summed E-state index contributed by atoms with van der Waals surface area (Å²) < 4.78 is 63.1. The molecule has 3 nitrogen and oxygen atoms in total. The van der Waals surface area contributed by atoms with Crippen molar-refractivity contribution < 1.29 is 31.5 Å². The van der Waals surface area contributed by atoms with Crippen molar-refractivity contribution in [1.82, 2.24) is 4.90 Å². The first-order valence-corrected chi connectivity index (χ1v) is 7.09. The predicted octanol–water partition coefficient (Wildman–Crippen LogP) is 2.92. The van der Waals surface area contributed by atoms with Gasteiger partial charge in [-0.3, -0.25) is 9.59 Å². The molecule has 1 rings (SSSR count). The highest BCUT2D eigenvalue weighted by Gasteiger charge is 2.65. The predicted molar refractivity (Wildman–Crippen MR) is 63.8 cm³/mol. The molecule has 1 saturated heterocycles. The van der Waals surface area contributed by atoms with Crippen molar-refractivity contribution in [2.75, 3.05) is 11.9 Å². The van der Waals surface area contributed by atoms with Crippen LogP contribution in [0.15, 0.2) is 0 Å². The molecule has 1 unspecified atom stereocenters. The van der Waals surface area contributed by atoms with Gasteiger partial charge in [-0.25, -0.2) is 0 Å².